The van der Waals surface area contributed by atoms with Crippen molar-refractivity contribution < 1.29 is 28.2 Å². The van der Waals surface area contributed by atoms with E-state index in [9.17, 15) is 18.4 Å². The van der Waals surface area contributed by atoms with Gasteiger partial charge in [0.15, 0.2) is 0 Å². The molecule has 0 aliphatic carbocycles. The Morgan fingerprint density at radius 1 is 0.842 bits per heavy atom. The summed E-state index contributed by atoms with van der Waals surface area (Å²) in [6.07, 6.45) is -1.84. The Bertz CT molecular complexity index is 1220. The summed E-state index contributed by atoms with van der Waals surface area (Å²) in [6.45, 7) is 16.7. The maximum absolute atomic E-state index is 14.8. The first-order valence-corrected chi connectivity index (χ1v) is 14.2. The van der Waals surface area contributed by atoms with Gasteiger partial charge in [-0.25, -0.2) is 18.4 Å². The van der Waals surface area contributed by atoms with Gasteiger partial charge >= 0.3 is 12.2 Å². The minimum atomic E-state index is -1.22. The molecule has 0 aromatic heterocycles. The zero-order valence-corrected chi connectivity index (χ0v) is 28.4. The Hall–Kier alpha value is -1.12. The predicted molar refractivity (Wildman–Crippen MR) is 167 cm³/mol. The van der Waals surface area contributed by atoms with Gasteiger partial charge in [0.05, 0.1) is 28.6 Å². The van der Waals surface area contributed by atoms with Crippen molar-refractivity contribution in [1.29, 1.82) is 0 Å². The van der Waals surface area contributed by atoms with Gasteiger partial charge in [-0.05, 0) is 94.5 Å². The Morgan fingerprint density at radius 2 is 1.34 bits per heavy atom. The normalized spacial score (nSPS) is 11.9. The molecule has 0 aliphatic heterocycles. The van der Waals surface area contributed by atoms with Crippen molar-refractivity contribution in [1.82, 2.24) is 0 Å². The van der Waals surface area contributed by atoms with Crippen molar-refractivity contribution in [2.75, 3.05) is 10.6 Å². The Kier molecular flexibility index (Phi) is 12.0. The highest BCUT2D eigenvalue weighted by Crippen LogP contribution is 2.46. The van der Waals surface area contributed by atoms with Crippen LogP contribution in [0, 0.1) is 18.8 Å². The highest BCUT2D eigenvalue weighted by molar-refractivity contribution is 14.1. The molecular weight excluding hydrogens is 767 g/mol. The zero-order valence-electron chi connectivity index (χ0n) is 22.6. The number of benzene rings is 2. The van der Waals surface area contributed by atoms with Gasteiger partial charge in [-0.1, -0.05) is 64.7 Å². The van der Waals surface area contributed by atoms with Crippen molar-refractivity contribution in [2.45, 2.75) is 78.7 Å². The van der Waals surface area contributed by atoms with E-state index in [1.807, 2.05) is 64.1 Å². The van der Waals surface area contributed by atoms with E-state index in [1.165, 1.54) is 12.1 Å². The van der Waals surface area contributed by atoms with Crippen molar-refractivity contribution in [2.24, 2.45) is 0 Å². The lowest BCUT2D eigenvalue weighted by Gasteiger charge is -2.33. The molecule has 0 bridgehead atoms. The third-order valence-corrected chi connectivity index (χ3v) is 8.20. The Labute approximate surface area is 259 Å². The first-order valence-electron chi connectivity index (χ1n) is 11.3. The average Bonchev–Trinajstić information content (AvgIpc) is 2.71. The van der Waals surface area contributed by atoms with E-state index in [0.717, 1.165) is 0 Å². The van der Waals surface area contributed by atoms with Crippen LogP contribution in [-0.4, -0.2) is 22.9 Å². The van der Waals surface area contributed by atoms with Crippen LogP contribution in [-0.2, 0) is 15.6 Å². The molecule has 0 heterocycles. The number of nitrogens with one attached hydrogen (secondary N) is 2. The summed E-state index contributed by atoms with van der Waals surface area (Å²) in [5.74, 6) is -0.806. The number of ether oxygens (including phenoxy) is 1. The van der Waals surface area contributed by atoms with Crippen molar-refractivity contribution in [3.63, 3.8) is 0 Å². The molecule has 2 rings (SSSR count). The minimum Gasteiger partial charge on any atom is -0.465 e. The van der Waals surface area contributed by atoms with E-state index in [4.69, 9.17) is 33.0 Å². The molecule has 0 saturated heterocycles. The lowest BCUT2D eigenvalue weighted by atomic mass is 9.74. The number of hydrogen-bond acceptors (Lipinski definition) is 3. The van der Waals surface area contributed by atoms with Crippen LogP contribution in [0.1, 0.15) is 73.4 Å². The first kappa shape index (κ1) is 34.9. The summed E-state index contributed by atoms with van der Waals surface area (Å²) in [4.78, 5) is 22.6. The summed E-state index contributed by atoms with van der Waals surface area (Å²) < 4.78 is 33.5. The van der Waals surface area contributed by atoms with Crippen LogP contribution in [0.2, 0.25) is 10.0 Å². The molecule has 12 heteroatoms. The summed E-state index contributed by atoms with van der Waals surface area (Å²) in [5, 5.41) is 14.2. The molecule has 2 aromatic carbocycles. The number of amides is 2. The number of anilines is 2. The molecule has 0 aliphatic rings. The number of carbonyl (C=O) groups is 2. The van der Waals surface area contributed by atoms with Crippen LogP contribution in [0.25, 0.3) is 0 Å². The number of halogens is 6. The van der Waals surface area contributed by atoms with E-state index in [0.29, 0.717) is 16.8 Å². The third-order valence-electron chi connectivity index (χ3n) is 4.73. The van der Waals surface area contributed by atoms with Gasteiger partial charge in [-0.15, -0.1) is 0 Å². The van der Waals surface area contributed by atoms with Gasteiger partial charge in [0.1, 0.15) is 17.2 Å². The number of rotatable bonds is 2. The summed E-state index contributed by atoms with van der Waals surface area (Å²) in [7, 11) is 0. The molecule has 0 saturated carbocycles. The molecule has 3 N–H and O–H groups in total. The number of carboxylic acid groups (broad SMARTS) is 1. The van der Waals surface area contributed by atoms with E-state index in [2.05, 4.69) is 10.6 Å². The molecule has 0 atom stereocenters. The Morgan fingerprint density at radius 3 is 1.76 bits per heavy atom. The van der Waals surface area contributed by atoms with Gasteiger partial charge in [-0.2, -0.15) is 0 Å². The smallest absolute Gasteiger partial charge is 0.412 e. The third kappa shape index (κ3) is 9.51. The fraction of sp³-hybridized carbons (Fsp3) is 0.462. The first-order chi connectivity index (χ1) is 17.0. The lowest BCUT2D eigenvalue weighted by molar-refractivity contribution is 0.0636. The SMILES string of the molecule is CC(C)(C)OC(=O)Nc1ccc(F)c(I)c1Cl.CC(C)(C)c1c(F)c(I)c(Cl)c(NC(=O)O)c1C(C)(C)C. The van der Waals surface area contributed by atoms with Crippen LogP contribution in [0.4, 0.5) is 29.7 Å². The van der Waals surface area contributed by atoms with Crippen molar-refractivity contribution in [3.8, 4) is 0 Å². The van der Waals surface area contributed by atoms with Crippen molar-refractivity contribution >= 4 is 91.9 Å². The lowest BCUT2D eigenvalue weighted by Crippen LogP contribution is -2.27. The molecular formula is C26H32Cl2F2I2N2O4. The van der Waals surface area contributed by atoms with E-state index in [-0.39, 0.29) is 28.7 Å². The van der Waals surface area contributed by atoms with E-state index < -0.39 is 34.4 Å². The van der Waals surface area contributed by atoms with Crippen LogP contribution in [0.3, 0.4) is 0 Å². The second-order valence-corrected chi connectivity index (χ2v) is 14.3. The molecule has 2 amide bonds. The molecule has 0 unspecified atom stereocenters. The fourth-order valence-corrected chi connectivity index (χ4v) is 4.81. The van der Waals surface area contributed by atoms with Gasteiger partial charge in [-0.3, -0.25) is 10.6 Å². The second kappa shape index (κ2) is 13.0. The molecule has 38 heavy (non-hydrogen) atoms. The molecule has 0 fully saturated rings. The second-order valence-electron chi connectivity index (χ2n) is 11.3. The van der Waals surface area contributed by atoms with Crippen LogP contribution >= 0.6 is 68.4 Å². The standard InChI is InChI=1S/C15H20ClFINO2.C11H12ClFINO2/c1-14(2,3)7-8(15(4,5)6)12(19-13(20)21)9(16)11(18)10(7)17;1-11(2,3)17-10(16)15-7-5-4-6(13)9(14)8(7)12/h19H,1-6H3,(H,20,21);4-5H,1-3H3,(H,15,16). The molecule has 0 spiro atoms. The molecule has 212 valence electrons. The summed E-state index contributed by atoms with van der Waals surface area (Å²) in [6, 6.07) is 2.63. The van der Waals surface area contributed by atoms with Crippen LogP contribution in [0.5, 0.6) is 0 Å². The fourth-order valence-electron chi connectivity index (χ4n) is 3.37. The van der Waals surface area contributed by atoms with Gasteiger partial charge in [0.25, 0.3) is 0 Å². The minimum absolute atomic E-state index is 0.105. The zero-order chi connectivity index (χ0) is 30.0. The topological polar surface area (TPSA) is 87.7 Å². The molecule has 6 nitrogen and oxygen atoms in total. The predicted octanol–water partition coefficient (Wildman–Crippen LogP) is 10.2. The maximum Gasteiger partial charge on any atom is 0.412 e. The molecule has 0 radical (unpaired) electrons. The number of carbonyl (C=O) groups excluding carboxylic acids is 1. The quantitative estimate of drug-likeness (QED) is 0.209. The molecule has 2 aromatic rings. The van der Waals surface area contributed by atoms with Gasteiger partial charge < -0.3 is 9.84 Å². The number of hydrogen-bond donors (Lipinski definition) is 3. The largest absolute Gasteiger partial charge is 0.465 e. The summed E-state index contributed by atoms with van der Waals surface area (Å²) >= 11 is 15.7. The maximum atomic E-state index is 14.8. The van der Waals surface area contributed by atoms with Crippen molar-refractivity contribution in [3.05, 3.63) is 52.1 Å². The highest BCUT2D eigenvalue weighted by atomic mass is 127. The summed E-state index contributed by atoms with van der Waals surface area (Å²) in [5.41, 5.74) is 0.150. The monoisotopic (exact) mass is 798 g/mol. The van der Waals surface area contributed by atoms with Gasteiger partial charge in [0.2, 0.25) is 0 Å². The Balaban J connectivity index is 0.000000389. The van der Waals surface area contributed by atoms with Crippen LogP contribution < -0.4 is 10.6 Å². The van der Waals surface area contributed by atoms with E-state index in [1.54, 1.807) is 43.4 Å². The van der Waals surface area contributed by atoms with E-state index >= 15 is 0 Å². The highest BCUT2D eigenvalue weighted by Gasteiger charge is 2.35. The average molecular weight is 799 g/mol. The van der Waals surface area contributed by atoms with Crippen LogP contribution in [0.15, 0.2) is 12.1 Å². The van der Waals surface area contributed by atoms with Gasteiger partial charge in [0, 0.05) is 5.56 Å².